The SMILES string of the molecule is Cc1ccc(/C=C(/Sc2ccccc2[N+](=O)[O-])C(=O)O)cc1. The zero-order chi connectivity index (χ0) is 16.1. The fraction of sp³-hybridized carbons (Fsp3) is 0.0625. The van der Waals surface area contributed by atoms with Crippen LogP contribution < -0.4 is 0 Å². The quantitative estimate of drug-likeness (QED) is 0.388. The van der Waals surface area contributed by atoms with Crippen LogP contribution in [0.3, 0.4) is 0 Å². The molecule has 0 amide bonds. The molecule has 112 valence electrons. The molecule has 0 radical (unpaired) electrons. The van der Waals surface area contributed by atoms with Crippen LogP contribution in [-0.4, -0.2) is 16.0 Å². The maximum absolute atomic E-state index is 11.4. The summed E-state index contributed by atoms with van der Waals surface area (Å²) in [5, 5.41) is 20.3. The van der Waals surface area contributed by atoms with Gasteiger partial charge in [0.25, 0.3) is 5.69 Å². The maximum atomic E-state index is 11.4. The fourth-order valence-corrected chi connectivity index (χ4v) is 2.67. The molecule has 0 heterocycles. The first-order valence-electron chi connectivity index (χ1n) is 6.40. The van der Waals surface area contributed by atoms with Crippen molar-refractivity contribution < 1.29 is 14.8 Å². The predicted octanol–water partition coefficient (Wildman–Crippen LogP) is 4.12. The first-order chi connectivity index (χ1) is 10.5. The van der Waals surface area contributed by atoms with Crippen molar-refractivity contribution in [3.8, 4) is 0 Å². The number of carboxylic acids is 1. The molecule has 0 fully saturated rings. The Morgan fingerprint density at radius 3 is 2.41 bits per heavy atom. The van der Waals surface area contributed by atoms with Gasteiger partial charge in [-0.05, 0) is 24.6 Å². The van der Waals surface area contributed by atoms with Crippen molar-refractivity contribution >= 4 is 29.5 Å². The second-order valence-corrected chi connectivity index (χ2v) is 5.64. The molecule has 0 saturated carbocycles. The van der Waals surface area contributed by atoms with Gasteiger partial charge in [-0.3, -0.25) is 10.1 Å². The monoisotopic (exact) mass is 315 g/mol. The van der Waals surface area contributed by atoms with Gasteiger partial charge in [-0.25, -0.2) is 4.79 Å². The van der Waals surface area contributed by atoms with Gasteiger partial charge >= 0.3 is 5.97 Å². The molecule has 0 unspecified atom stereocenters. The van der Waals surface area contributed by atoms with Gasteiger partial charge in [-0.2, -0.15) is 0 Å². The summed E-state index contributed by atoms with van der Waals surface area (Å²) in [6.45, 7) is 1.94. The number of aryl methyl sites for hydroxylation is 1. The molecule has 0 spiro atoms. The molecule has 0 aromatic heterocycles. The van der Waals surface area contributed by atoms with Crippen molar-refractivity contribution in [1.29, 1.82) is 0 Å². The number of hydrogen-bond acceptors (Lipinski definition) is 4. The lowest BCUT2D eigenvalue weighted by atomic mass is 10.1. The highest BCUT2D eigenvalue weighted by Gasteiger charge is 2.18. The Morgan fingerprint density at radius 1 is 1.18 bits per heavy atom. The third-order valence-corrected chi connectivity index (χ3v) is 3.95. The molecule has 2 aromatic rings. The highest BCUT2D eigenvalue weighted by atomic mass is 32.2. The average molecular weight is 315 g/mol. The molecular weight excluding hydrogens is 302 g/mol. The van der Waals surface area contributed by atoms with Gasteiger partial charge < -0.3 is 5.11 Å². The molecular formula is C16H13NO4S. The number of thioether (sulfide) groups is 1. The van der Waals surface area contributed by atoms with E-state index < -0.39 is 10.9 Å². The highest BCUT2D eigenvalue weighted by Crippen LogP contribution is 2.35. The standard InChI is InChI=1S/C16H13NO4S/c1-11-6-8-12(9-7-11)10-15(16(18)19)22-14-5-3-2-4-13(14)17(20)21/h2-10H,1H3,(H,18,19)/b15-10+. The topological polar surface area (TPSA) is 80.4 Å². The molecule has 5 nitrogen and oxygen atoms in total. The average Bonchev–Trinajstić information content (AvgIpc) is 2.49. The molecule has 22 heavy (non-hydrogen) atoms. The molecule has 0 bridgehead atoms. The third kappa shape index (κ3) is 3.95. The van der Waals surface area contributed by atoms with Crippen LogP contribution in [0.4, 0.5) is 5.69 Å². The number of hydrogen-bond donors (Lipinski definition) is 1. The van der Waals surface area contributed by atoms with Crippen molar-refractivity contribution in [3.63, 3.8) is 0 Å². The van der Waals surface area contributed by atoms with Gasteiger partial charge in [-0.15, -0.1) is 0 Å². The summed E-state index contributed by atoms with van der Waals surface area (Å²) >= 11 is 0.871. The van der Waals surface area contributed by atoms with E-state index in [9.17, 15) is 20.0 Å². The maximum Gasteiger partial charge on any atom is 0.342 e. The van der Waals surface area contributed by atoms with Crippen molar-refractivity contribution in [2.24, 2.45) is 0 Å². The molecule has 0 aliphatic rings. The fourth-order valence-electron chi connectivity index (χ4n) is 1.76. The van der Waals surface area contributed by atoms with Gasteiger partial charge in [-0.1, -0.05) is 53.7 Å². The van der Waals surface area contributed by atoms with Crippen molar-refractivity contribution in [3.05, 3.63) is 74.7 Å². The number of nitrogens with zero attached hydrogens (tertiary/aromatic N) is 1. The van der Waals surface area contributed by atoms with E-state index >= 15 is 0 Å². The van der Waals surface area contributed by atoms with Crippen LogP contribution in [0.1, 0.15) is 11.1 Å². The predicted molar refractivity (Wildman–Crippen MR) is 85.7 cm³/mol. The van der Waals surface area contributed by atoms with E-state index in [4.69, 9.17) is 0 Å². The number of nitro groups is 1. The van der Waals surface area contributed by atoms with E-state index in [1.54, 1.807) is 24.3 Å². The number of carboxylic acid groups (broad SMARTS) is 1. The second kappa shape index (κ2) is 6.91. The Bertz CT molecular complexity index is 738. The van der Waals surface area contributed by atoms with Gasteiger partial charge in [0, 0.05) is 6.07 Å². The van der Waals surface area contributed by atoms with Crippen LogP contribution in [0.15, 0.2) is 58.3 Å². The van der Waals surface area contributed by atoms with E-state index in [1.807, 2.05) is 19.1 Å². The summed E-state index contributed by atoms with van der Waals surface area (Å²) in [6, 6.07) is 13.4. The normalized spacial score (nSPS) is 11.2. The first kappa shape index (κ1) is 15.8. The van der Waals surface area contributed by atoms with Gasteiger partial charge in [0.15, 0.2) is 0 Å². The summed E-state index contributed by atoms with van der Waals surface area (Å²) in [5.41, 5.74) is 1.69. The van der Waals surface area contributed by atoms with Crippen LogP contribution in [0.5, 0.6) is 0 Å². The Morgan fingerprint density at radius 2 is 1.82 bits per heavy atom. The van der Waals surface area contributed by atoms with Gasteiger partial charge in [0.2, 0.25) is 0 Å². The smallest absolute Gasteiger partial charge is 0.342 e. The molecule has 2 rings (SSSR count). The van der Waals surface area contributed by atoms with Crippen molar-refractivity contribution in [1.82, 2.24) is 0 Å². The Kier molecular flexibility index (Phi) is 4.95. The van der Waals surface area contributed by atoms with Crippen molar-refractivity contribution in [2.45, 2.75) is 11.8 Å². The molecule has 0 aliphatic carbocycles. The van der Waals surface area contributed by atoms with Gasteiger partial charge in [0.05, 0.1) is 14.7 Å². The van der Waals surface area contributed by atoms with E-state index in [-0.39, 0.29) is 10.6 Å². The Hall–Kier alpha value is -2.60. The largest absolute Gasteiger partial charge is 0.477 e. The Balaban J connectivity index is 2.36. The van der Waals surface area contributed by atoms with Crippen LogP contribution in [0.2, 0.25) is 0 Å². The lowest BCUT2D eigenvalue weighted by Crippen LogP contribution is -1.98. The minimum Gasteiger partial charge on any atom is -0.477 e. The van der Waals surface area contributed by atoms with Crippen LogP contribution in [-0.2, 0) is 4.79 Å². The molecule has 2 aromatic carbocycles. The first-order valence-corrected chi connectivity index (χ1v) is 7.22. The van der Waals surface area contributed by atoms with Gasteiger partial charge in [0.1, 0.15) is 0 Å². The summed E-state index contributed by atoms with van der Waals surface area (Å²) in [5.74, 6) is -1.12. The van der Waals surface area contributed by atoms with Crippen molar-refractivity contribution in [2.75, 3.05) is 0 Å². The lowest BCUT2D eigenvalue weighted by Gasteiger charge is -2.04. The number of para-hydroxylation sites is 1. The lowest BCUT2D eigenvalue weighted by molar-refractivity contribution is -0.387. The zero-order valence-corrected chi connectivity index (χ0v) is 12.5. The molecule has 0 atom stereocenters. The molecule has 1 N–H and O–H groups in total. The number of benzene rings is 2. The minimum absolute atomic E-state index is 0.0261. The van der Waals surface area contributed by atoms with E-state index in [2.05, 4.69) is 0 Å². The van der Waals surface area contributed by atoms with E-state index in [0.29, 0.717) is 4.90 Å². The molecule has 0 saturated heterocycles. The number of aliphatic carboxylic acids is 1. The third-order valence-electron chi connectivity index (χ3n) is 2.87. The second-order valence-electron chi connectivity index (χ2n) is 4.55. The summed E-state index contributed by atoms with van der Waals surface area (Å²) in [7, 11) is 0. The number of nitro benzene ring substituents is 1. The van der Waals surface area contributed by atoms with E-state index in [0.717, 1.165) is 22.9 Å². The van der Waals surface area contributed by atoms with Crippen LogP contribution in [0.25, 0.3) is 6.08 Å². The summed E-state index contributed by atoms with van der Waals surface area (Å²) < 4.78 is 0. The molecule has 6 heteroatoms. The highest BCUT2D eigenvalue weighted by molar-refractivity contribution is 8.04. The van der Waals surface area contributed by atoms with Crippen LogP contribution in [0, 0.1) is 17.0 Å². The summed E-state index contributed by atoms with van der Waals surface area (Å²) in [4.78, 5) is 22.2. The number of rotatable bonds is 5. The number of carbonyl (C=O) groups is 1. The Labute approximate surface area is 131 Å². The molecule has 0 aliphatic heterocycles. The van der Waals surface area contributed by atoms with Crippen LogP contribution >= 0.6 is 11.8 Å². The minimum atomic E-state index is -1.12. The zero-order valence-electron chi connectivity index (χ0n) is 11.7. The summed E-state index contributed by atoms with van der Waals surface area (Å²) in [6.07, 6.45) is 1.50. The van der Waals surface area contributed by atoms with E-state index in [1.165, 1.54) is 18.2 Å².